The lowest BCUT2D eigenvalue weighted by Gasteiger charge is -2.22. The van der Waals surface area contributed by atoms with Crippen LogP contribution in [0.2, 0.25) is 10.0 Å². The first kappa shape index (κ1) is 29.7. The van der Waals surface area contributed by atoms with Gasteiger partial charge in [0.2, 0.25) is 5.75 Å². The van der Waals surface area contributed by atoms with Crippen LogP contribution in [0.15, 0.2) is 69.0 Å². The minimum Gasteiger partial charge on any atom is -0.476 e. The molecule has 1 aliphatic carbocycles. The number of nitrogens with zero attached hydrogens (tertiary/aromatic N) is 4. The van der Waals surface area contributed by atoms with Gasteiger partial charge < -0.3 is 10.1 Å². The van der Waals surface area contributed by atoms with E-state index < -0.39 is 23.1 Å². The first-order valence-electron chi connectivity index (χ1n) is 13.1. The largest absolute Gasteiger partial charge is 0.476 e. The van der Waals surface area contributed by atoms with Gasteiger partial charge in [0, 0.05) is 32.7 Å². The number of nitro benzene ring substituents is 1. The fraction of sp³-hybridized carbons (Fsp3) is 0.241. The standard InChI is InChI=1S/C29H24BrCl2N5O5/c30-19-6-11-24-22(14-19)29(39)36(28(35-24)18-4-2-1-3-5-18)33-15-17-12-23(32)27(25(13-17)37(40)41)42-16-26(38)34-21-9-7-20(31)8-10-21/h6-15,18H,1-5,16H2,(H,34,38). The number of nitrogens with one attached hydrogen (secondary N) is 1. The first-order valence-corrected chi connectivity index (χ1v) is 14.7. The van der Waals surface area contributed by atoms with Crippen LogP contribution in [-0.2, 0) is 4.79 Å². The predicted octanol–water partition coefficient (Wildman–Crippen LogP) is 7.32. The van der Waals surface area contributed by atoms with Crippen LogP contribution in [0.3, 0.4) is 0 Å². The average Bonchev–Trinajstić information content (AvgIpc) is 2.97. The molecule has 0 spiro atoms. The smallest absolute Gasteiger partial charge is 0.313 e. The molecule has 0 atom stereocenters. The van der Waals surface area contributed by atoms with Gasteiger partial charge in [-0.3, -0.25) is 19.7 Å². The molecule has 0 unspecified atom stereocenters. The maximum atomic E-state index is 13.5. The molecule has 0 saturated heterocycles. The summed E-state index contributed by atoms with van der Waals surface area (Å²) in [5.41, 5.74) is 0.531. The van der Waals surface area contributed by atoms with E-state index in [4.69, 9.17) is 32.9 Å². The molecule has 10 nitrogen and oxygen atoms in total. The number of ether oxygens (including phenoxy) is 1. The van der Waals surface area contributed by atoms with Gasteiger partial charge in [0.25, 0.3) is 11.5 Å². The summed E-state index contributed by atoms with van der Waals surface area (Å²) in [7, 11) is 0. The molecule has 1 heterocycles. The molecule has 1 aromatic heterocycles. The van der Waals surface area contributed by atoms with E-state index in [2.05, 4.69) is 26.3 Å². The molecule has 3 aromatic carbocycles. The normalized spacial score (nSPS) is 13.9. The second-order valence-corrected chi connectivity index (χ2v) is 11.5. The second kappa shape index (κ2) is 13.0. The Hall–Kier alpha value is -3.80. The molecule has 0 radical (unpaired) electrons. The first-order chi connectivity index (χ1) is 20.2. The third-order valence-electron chi connectivity index (χ3n) is 6.84. The zero-order valence-corrected chi connectivity index (χ0v) is 25.2. The number of carbonyl (C=O) groups is 1. The number of aromatic nitrogens is 2. The molecule has 1 fully saturated rings. The molecule has 216 valence electrons. The van der Waals surface area contributed by atoms with Crippen molar-refractivity contribution in [2.75, 3.05) is 11.9 Å². The van der Waals surface area contributed by atoms with Gasteiger partial charge in [-0.1, -0.05) is 58.4 Å². The van der Waals surface area contributed by atoms with E-state index in [1.54, 1.807) is 36.4 Å². The lowest BCUT2D eigenvalue weighted by atomic mass is 9.88. The van der Waals surface area contributed by atoms with E-state index >= 15 is 0 Å². The predicted molar refractivity (Wildman–Crippen MR) is 166 cm³/mol. The lowest BCUT2D eigenvalue weighted by molar-refractivity contribution is -0.385. The molecule has 1 N–H and O–H groups in total. The Morgan fingerprint density at radius 1 is 1.14 bits per heavy atom. The third-order valence-corrected chi connectivity index (χ3v) is 7.87. The van der Waals surface area contributed by atoms with Gasteiger partial charge in [0.1, 0.15) is 5.82 Å². The SMILES string of the molecule is O=C(COc1c(Cl)cc(C=Nn2c(C3CCCCC3)nc3ccc(Br)cc3c2=O)cc1[N+](=O)[O-])Nc1ccc(Cl)cc1. The van der Waals surface area contributed by atoms with E-state index in [9.17, 15) is 19.7 Å². The number of rotatable bonds is 8. The van der Waals surface area contributed by atoms with Crippen LogP contribution >= 0.6 is 39.1 Å². The highest BCUT2D eigenvalue weighted by atomic mass is 79.9. The Labute approximate surface area is 258 Å². The molecule has 42 heavy (non-hydrogen) atoms. The Bertz CT molecular complexity index is 1750. The van der Waals surface area contributed by atoms with Gasteiger partial charge in [-0.05, 0) is 61.4 Å². The summed E-state index contributed by atoms with van der Waals surface area (Å²) >= 11 is 15.6. The minimum atomic E-state index is -0.662. The van der Waals surface area contributed by atoms with Crippen molar-refractivity contribution in [1.29, 1.82) is 0 Å². The van der Waals surface area contributed by atoms with E-state index in [1.165, 1.54) is 23.0 Å². The van der Waals surface area contributed by atoms with Crippen LogP contribution in [0, 0.1) is 10.1 Å². The maximum absolute atomic E-state index is 13.5. The topological polar surface area (TPSA) is 129 Å². The highest BCUT2D eigenvalue weighted by Gasteiger charge is 2.24. The number of anilines is 1. The number of fused-ring (bicyclic) bond motifs is 1. The summed E-state index contributed by atoms with van der Waals surface area (Å²) in [6, 6.07) is 14.4. The molecule has 5 rings (SSSR count). The van der Waals surface area contributed by atoms with Crippen LogP contribution in [0.1, 0.15) is 49.4 Å². The van der Waals surface area contributed by atoms with Crippen molar-refractivity contribution in [2.24, 2.45) is 5.10 Å². The van der Waals surface area contributed by atoms with Crippen LogP contribution in [-0.4, -0.2) is 33.3 Å². The van der Waals surface area contributed by atoms with Gasteiger partial charge >= 0.3 is 5.69 Å². The summed E-state index contributed by atoms with van der Waals surface area (Å²) < 4.78 is 7.46. The maximum Gasteiger partial charge on any atom is 0.313 e. The van der Waals surface area contributed by atoms with E-state index in [0.29, 0.717) is 27.4 Å². The van der Waals surface area contributed by atoms with Crippen LogP contribution in [0.25, 0.3) is 10.9 Å². The summed E-state index contributed by atoms with van der Waals surface area (Å²) in [5.74, 6) is -0.192. The fourth-order valence-corrected chi connectivity index (χ4v) is 5.61. The number of benzene rings is 3. The van der Waals surface area contributed by atoms with E-state index in [-0.39, 0.29) is 27.8 Å². The Morgan fingerprint density at radius 2 is 1.88 bits per heavy atom. The molecule has 4 aromatic rings. The number of nitro groups is 1. The summed E-state index contributed by atoms with van der Waals surface area (Å²) in [4.78, 5) is 41.9. The summed E-state index contributed by atoms with van der Waals surface area (Å²) in [5, 5.41) is 19.8. The number of hydrogen-bond acceptors (Lipinski definition) is 7. The highest BCUT2D eigenvalue weighted by molar-refractivity contribution is 9.10. The van der Waals surface area contributed by atoms with Gasteiger partial charge in [0.05, 0.1) is 27.1 Å². The molecule has 0 bridgehead atoms. The Kier molecular flexibility index (Phi) is 9.20. The third kappa shape index (κ3) is 6.80. The van der Waals surface area contributed by atoms with Crippen molar-refractivity contribution in [3.63, 3.8) is 0 Å². The van der Waals surface area contributed by atoms with Crippen molar-refractivity contribution in [2.45, 2.75) is 38.0 Å². The fourth-order valence-electron chi connectivity index (χ4n) is 4.85. The number of amides is 1. The van der Waals surface area contributed by atoms with E-state index in [0.717, 1.165) is 36.6 Å². The molecular formula is C29H24BrCl2N5O5. The molecular weight excluding hydrogens is 649 g/mol. The molecule has 13 heteroatoms. The van der Waals surface area contributed by atoms with Crippen molar-refractivity contribution < 1.29 is 14.5 Å². The average molecular weight is 673 g/mol. The van der Waals surface area contributed by atoms with Crippen molar-refractivity contribution in [1.82, 2.24) is 9.66 Å². The molecule has 1 aliphatic rings. The van der Waals surface area contributed by atoms with Gasteiger partial charge in [-0.2, -0.15) is 9.78 Å². The monoisotopic (exact) mass is 671 g/mol. The molecule has 0 aliphatic heterocycles. The number of hydrogen-bond donors (Lipinski definition) is 1. The van der Waals surface area contributed by atoms with Crippen LogP contribution in [0.4, 0.5) is 11.4 Å². The second-order valence-electron chi connectivity index (χ2n) is 9.78. The zero-order chi connectivity index (χ0) is 29.8. The zero-order valence-electron chi connectivity index (χ0n) is 22.1. The van der Waals surface area contributed by atoms with Crippen molar-refractivity contribution in [3.05, 3.63) is 101 Å². The van der Waals surface area contributed by atoms with Crippen LogP contribution in [0.5, 0.6) is 5.75 Å². The molecule has 1 saturated carbocycles. The van der Waals surface area contributed by atoms with Gasteiger partial charge in [0.15, 0.2) is 6.61 Å². The minimum absolute atomic E-state index is 0.0596. The van der Waals surface area contributed by atoms with Gasteiger partial charge in [-0.25, -0.2) is 4.98 Å². The lowest BCUT2D eigenvalue weighted by Crippen LogP contribution is -2.25. The summed E-state index contributed by atoms with van der Waals surface area (Å²) in [6.45, 7) is -0.519. The quantitative estimate of drug-likeness (QED) is 0.119. The Balaban J connectivity index is 1.44. The summed E-state index contributed by atoms with van der Waals surface area (Å²) in [6.07, 6.45) is 6.30. The van der Waals surface area contributed by atoms with Crippen molar-refractivity contribution in [3.8, 4) is 5.75 Å². The molecule has 1 amide bonds. The van der Waals surface area contributed by atoms with Crippen molar-refractivity contribution >= 4 is 73.5 Å². The number of carbonyl (C=O) groups excluding carboxylic acids is 1. The highest BCUT2D eigenvalue weighted by Crippen LogP contribution is 2.36. The van der Waals surface area contributed by atoms with E-state index in [1.807, 2.05) is 6.07 Å². The van der Waals surface area contributed by atoms with Crippen LogP contribution < -0.4 is 15.6 Å². The Morgan fingerprint density at radius 3 is 2.60 bits per heavy atom. The van der Waals surface area contributed by atoms with Gasteiger partial charge in [-0.15, -0.1) is 0 Å². The number of halogens is 3.